The van der Waals surface area contributed by atoms with Crippen molar-refractivity contribution in [3.8, 4) is 0 Å². The van der Waals surface area contributed by atoms with E-state index in [1.54, 1.807) is 37.6 Å². The first-order chi connectivity index (χ1) is 13.1. The van der Waals surface area contributed by atoms with Gasteiger partial charge in [0.25, 0.3) is 5.91 Å². The van der Waals surface area contributed by atoms with E-state index in [4.69, 9.17) is 0 Å². The molecule has 6 heteroatoms. The normalized spacial score (nSPS) is 20.5. The van der Waals surface area contributed by atoms with Crippen molar-refractivity contribution in [2.24, 2.45) is 11.8 Å². The van der Waals surface area contributed by atoms with Gasteiger partial charge < -0.3 is 10.6 Å². The minimum absolute atomic E-state index is 0.0310. The molecule has 0 aromatic carbocycles. The lowest BCUT2D eigenvalue weighted by atomic mass is 9.77. The van der Waals surface area contributed by atoms with Gasteiger partial charge in [-0.1, -0.05) is 6.07 Å². The number of carbonyl (C=O) groups is 2. The molecule has 2 heterocycles. The van der Waals surface area contributed by atoms with Crippen LogP contribution in [0.15, 0.2) is 48.9 Å². The van der Waals surface area contributed by atoms with Crippen LogP contribution in [0.3, 0.4) is 0 Å². The Bertz CT molecular complexity index is 743. The van der Waals surface area contributed by atoms with Crippen molar-refractivity contribution in [3.05, 3.63) is 60.2 Å². The van der Waals surface area contributed by atoms with Gasteiger partial charge in [0.05, 0.1) is 17.3 Å². The summed E-state index contributed by atoms with van der Waals surface area (Å²) in [5, 5.41) is 6.09. The molecule has 2 N–H and O–H groups in total. The summed E-state index contributed by atoms with van der Waals surface area (Å²) in [5.74, 6) is 0.726. The van der Waals surface area contributed by atoms with Crippen LogP contribution in [-0.2, 0) is 4.79 Å². The molecule has 1 fully saturated rings. The molecule has 0 unspecified atom stereocenters. The summed E-state index contributed by atoms with van der Waals surface area (Å²) in [4.78, 5) is 32.2. The van der Waals surface area contributed by atoms with Gasteiger partial charge in [-0.15, -0.1) is 0 Å². The quantitative estimate of drug-likeness (QED) is 0.823. The third-order valence-corrected chi connectivity index (χ3v) is 5.20. The second-order valence-electron chi connectivity index (χ2n) is 7.17. The topological polar surface area (TPSA) is 84.0 Å². The fourth-order valence-electron chi connectivity index (χ4n) is 3.77. The number of pyridine rings is 2. The molecule has 2 amide bonds. The number of rotatable bonds is 6. The highest BCUT2D eigenvalue weighted by atomic mass is 16.2. The van der Waals surface area contributed by atoms with Crippen molar-refractivity contribution in [2.75, 3.05) is 6.54 Å². The zero-order valence-corrected chi connectivity index (χ0v) is 15.6. The van der Waals surface area contributed by atoms with Crippen molar-refractivity contribution < 1.29 is 9.59 Å². The van der Waals surface area contributed by atoms with Crippen LogP contribution < -0.4 is 10.6 Å². The van der Waals surface area contributed by atoms with E-state index in [2.05, 4.69) is 20.6 Å². The van der Waals surface area contributed by atoms with Crippen molar-refractivity contribution >= 4 is 11.8 Å². The maximum atomic E-state index is 12.2. The average molecular weight is 366 g/mol. The van der Waals surface area contributed by atoms with E-state index in [1.165, 1.54) is 0 Å². The Morgan fingerprint density at radius 2 is 1.93 bits per heavy atom. The first-order valence-electron chi connectivity index (χ1n) is 9.49. The molecule has 1 atom stereocenters. The molecule has 1 aliphatic rings. The third kappa shape index (κ3) is 5.36. The molecule has 0 bridgehead atoms. The number of hydrogen-bond acceptors (Lipinski definition) is 4. The summed E-state index contributed by atoms with van der Waals surface area (Å²) in [6.07, 6.45) is 9.08. The lowest BCUT2D eigenvalue weighted by Gasteiger charge is -2.34. The molecular weight excluding hydrogens is 340 g/mol. The van der Waals surface area contributed by atoms with Crippen LogP contribution in [0.25, 0.3) is 0 Å². The SMILES string of the molecule is CC(=O)N[C@@H](c1ccccn1)C1CCC(CNC(=O)c2cccnc2)CC1. The van der Waals surface area contributed by atoms with Crippen molar-refractivity contribution in [3.63, 3.8) is 0 Å². The van der Waals surface area contributed by atoms with Crippen LogP contribution in [-0.4, -0.2) is 28.3 Å². The van der Waals surface area contributed by atoms with E-state index >= 15 is 0 Å². The molecule has 2 aromatic heterocycles. The standard InChI is InChI=1S/C21H26N4O2/c1-15(26)25-20(19-6-2-3-12-23-19)17-9-7-16(8-10-17)13-24-21(27)18-5-4-11-22-14-18/h2-6,11-12,14,16-17,20H,7-10,13H2,1H3,(H,24,27)(H,25,26)/t16?,17?,20-/m1/s1. The van der Waals surface area contributed by atoms with E-state index in [1.807, 2.05) is 18.2 Å². The molecule has 0 aliphatic heterocycles. The first kappa shape index (κ1) is 19.0. The van der Waals surface area contributed by atoms with Gasteiger partial charge in [-0.05, 0) is 61.8 Å². The van der Waals surface area contributed by atoms with Gasteiger partial charge in [0.2, 0.25) is 5.91 Å². The molecule has 1 saturated carbocycles. The summed E-state index contributed by atoms with van der Waals surface area (Å²) < 4.78 is 0. The predicted molar refractivity (Wildman–Crippen MR) is 103 cm³/mol. The Morgan fingerprint density at radius 1 is 1.11 bits per heavy atom. The highest BCUT2D eigenvalue weighted by Gasteiger charge is 2.30. The molecule has 3 rings (SSSR count). The molecule has 1 aliphatic carbocycles. The Labute approximate surface area is 159 Å². The van der Waals surface area contributed by atoms with Gasteiger partial charge in [0.1, 0.15) is 0 Å². The lowest BCUT2D eigenvalue weighted by Crippen LogP contribution is -2.36. The predicted octanol–water partition coefficient (Wildman–Crippen LogP) is 2.89. The number of amides is 2. The molecular formula is C21H26N4O2. The number of nitrogens with zero attached hydrogens (tertiary/aromatic N) is 2. The van der Waals surface area contributed by atoms with Gasteiger partial charge in [-0.3, -0.25) is 19.6 Å². The van der Waals surface area contributed by atoms with Crippen LogP contribution in [0.2, 0.25) is 0 Å². The Kier molecular flexibility index (Phi) is 6.52. The van der Waals surface area contributed by atoms with Crippen LogP contribution >= 0.6 is 0 Å². The smallest absolute Gasteiger partial charge is 0.252 e. The van der Waals surface area contributed by atoms with E-state index < -0.39 is 0 Å². The highest BCUT2D eigenvalue weighted by molar-refractivity contribution is 5.93. The van der Waals surface area contributed by atoms with Gasteiger partial charge in [-0.2, -0.15) is 0 Å². The van der Waals surface area contributed by atoms with E-state index in [0.717, 1.165) is 31.4 Å². The Morgan fingerprint density at radius 3 is 2.56 bits per heavy atom. The summed E-state index contributed by atoms with van der Waals surface area (Å²) in [7, 11) is 0. The zero-order valence-electron chi connectivity index (χ0n) is 15.6. The molecule has 27 heavy (non-hydrogen) atoms. The minimum Gasteiger partial charge on any atom is -0.352 e. The van der Waals surface area contributed by atoms with Crippen LogP contribution in [0.1, 0.15) is 54.7 Å². The van der Waals surface area contributed by atoms with Crippen molar-refractivity contribution in [1.82, 2.24) is 20.6 Å². The number of carbonyl (C=O) groups excluding carboxylic acids is 2. The van der Waals surface area contributed by atoms with Gasteiger partial charge in [0, 0.05) is 32.1 Å². The van der Waals surface area contributed by atoms with E-state index in [0.29, 0.717) is 23.9 Å². The Balaban J connectivity index is 1.52. The summed E-state index contributed by atoms with van der Waals surface area (Å²) >= 11 is 0. The fraction of sp³-hybridized carbons (Fsp3) is 0.429. The number of hydrogen-bond donors (Lipinski definition) is 2. The summed E-state index contributed by atoms with van der Waals surface area (Å²) in [6.45, 7) is 2.23. The van der Waals surface area contributed by atoms with Gasteiger partial charge >= 0.3 is 0 Å². The highest BCUT2D eigenvalue weighted by Crippen LogP contribution is 2.36. The van der Waals surface area contributed by atoms with Crippen LogP contribution in [0.5, 0.6) is 0 Å². The summed E-state index contributed by atoms with van der Waals surface area (Å²) in [5.41, 5.74) is 1.51. The minimum atomic E-state index is -0.0742. The largest absolute Gasteiger partial charge is 0.352 e. The van der Waals surface area contributed by atoms with Gasteiger partial charge in [-0.25, -0.2) is 0 Å². The maximum Gasteiger partial charge on any atom is 0.252 e. The third-order valence-electron chi connectivity index (χ3n) is 5.20. The molecule has 0 radical (unpaired) electrons. The van der Waals surface area contributed by atoms with Crippen LogP contribution in [0, 0.1) is 11.8 Å². The number of nitrogens with one attached hydrogen (secondary N) is 2. The molecule has 142 valence electrons. The average Bonchev–Trinajstić information content (AvgIpc) is 2.72. The van der Waals surface area contributed by atoms with Crippen molar-refractivity contribution in [2.45, 2.75) is 38.6 Å². The Hall–Kier alpha value is -2.76. The second kappa shape index (κ2) is 9.26. The first-order valence-corrected chi connectivity index (χ1v) is 9.49. The second-order valence-corrected chi connectivity index (χ2v) is 7.17. The fourth-order valence-corrected chi connectivity index (χ4v) is 3.77. The molecule has 6 nitrogen and oxygen atoms in total. The summed E-state index contributed by atoms with van der Waals surface area (Å²) in [6, 6.07) is 9.30. The monoisotopic (exact) mass is 366 g/mol. The molecule has 0 spiro atoms. The van der Waals surface area contributed by atoms with Crippen molar-refractivity contribution in [1.29, 1.82) is 0 Å². The zero-order chi connectivity index (χ0) is 19.1. The van der Waals surface area contributed by atoms with Crippen LogP contribution in [0.4, 0.5) is 0 Å². The molecule has 0 saturated heterocycles. The van der Waals surface area contributed by atoms with Gasteiger partial charge in [0.15, 0.2) is 0 Å². The maximum absolute atomic E-state index is 12.2. The van der Waals surface area contributed by atoms with E-state index in [9.17, 15) is 9.59 Å². The molecule has 2 aromatic rings. The van der Waals surface area contributed by atoms with E-state index in [-0.39, 0.29) is 17.9 Å². The lowest BCUT2D eigenvalue weighted by molar-refractivity contribution is -0.120. The number of aromatic nitrogens is 2.